The van der Waals surface area contributed by atoms with Gasteiger partial charge in [-0.25, -0.2) is 4.98 Å². The number of anilines is 3. The average molecular weight is 283 g/mol. The van der Waals surface area contributed by atoms with E-state index >= 15 is 0 Å². The SMILES string of the molecule is C=CC(=O)Nc1ccc(C)c(-c2cc(NC)nc(N)n2)c1. The van der Waals surface area contributed by atoms with Crippen molar-refractivity contribution >= 4 is 23.4 Å². The van der Waals surface area contributed by atoms with Gasteiger partial charge in [0, 0.05) is 24.4 Å². The number of nitrogen functional groups attached to an aromatic ring is 1. The van der Waals surface area contributed by atoms with E-state index in [2.05, 4.69) is 27.2 Å². The van der Waals surface area contributed by atoms with E-state index in [-0.39, 0.29) is 11.9 Å². The van der Waals surface area contributed by atoms with Crippen molar-refractivity contribution in [3.8, 4) is 11.3 Å². The van der Waals surface area contributed by atoms with E-state index in [0.717, 1.165) is 11.1 Å². The van der Waals surface area contributed by atoms with E-state index in [1.165, 1.54) is 6.08 Å². The summed E-state index contributed by atoms with van der Waals surface area (Å²) in [7, 11) is 1.76. The number of hydrogen-bond donors (Lipinski definition) is 3. The molecule has 21 heavy (non-hydrogen) atoms. The van der Waals surface area contributed by atoms with Crippen LogP contribution in [-0.4, -0.2) is 22.9 Å². The fourth-order valence-corrected chi connectivity index (χ4v) is 1.90. The predicted octanol–water partition coefficient (Wildman–Crippen LogP) is 2.20. The molecule has 6 nitrogen and oxygen atoms in total. The lowest BCUT2D eigenvalue weighted by atomic mass is 10.0. The minimum atomic E-state index is -0.261. The molecule has 0 fully saturated rings. The van der Waals surface area contributed by atoms with Crippen molar-refractivity contribution in [1.29, 1.82) is 0 Å². The number of rotatable bonds is 4. The third-order valence-electron chi connectivity index (χ3n) is 2.97. The van der Waals surface area contributed by atoms with Gasteiger partial charge in [-0.2, -0.15) is 4.98 Å². The molecule has 2 rings (SSSR count). The van der Waals surface area contributed by atoms with Crippen LogP contribution in [0.2, 0.25) is 0 Å². The van der Waals surface area contributed by atoms with Crippen LogP contribution in [-0.2, 0) is 4.79 Å². The second-order valence-corrected chi connectivity index (χ2v) is 4.47. The molecule has 1 amide bonds. The smallest absolute Gasteiger partial charge is 0.247 e. The van der Waals surface area contributed by atoms with Gasteiger partial charge in [0.1, 0.15) is 5.82 Å². The van der Waals surface area contributed by atoms with E-state index in [1.54, 1.807) is 13.1 Å². The molecule has 2 aromatic rings. The van der Waals surface area contributed by atoms with Gasteiger partial charge in [-0.1, -0.05) is 12.6 Å². The number of benzene rings is 1. The van der Waals surface area contributed by atoms with Gasteiger partial charge in [-0.3, -0.25) is 4.79 Å². The average Bonchev–Trinajstić information content (AvgIpc) is 2.48. The highest BCUT2D eigenvalue weighted by molar-refractivity contribution is 5.99. The van der Waals surface area contributed by atoms with Gasteiger partial charge < -0.3 is 16.4 Å². The Morgan fingerprint density at radius 1 is 1.33 bits per heavy atom. The molecule has 0 radical (unpaired) electrons. The summed E-state index contributed by atoms with van der Waals surface area (Å²) in [6.07, 6.45) is 1.22. The van der Waals surface area contributed by atoms with Crippen molar-refractivity contribution in [1.82, 2.24) is 9.97 Å². The summed E-state index contributed by atoms with van der Waals surface area (Å²) in [6.45, 7) is 5.40. The first kappa shape index (κ1) is 14.5. The fourth-order valence-electron chi connectivity index (χ4n) is 1.90. The Kier molecular flexibility index (Phi) is 4.18. The van der Waals surface area contributed by atoms with Crippen LogP contribution in [0.15, 0.2) is 36.9 Å². The second-order valence-electron chi connectivity index (χ2n) is 4.47. The van der Waals surface area contributed by atoms with Gasteiger partial charge >= 0.3 is 0 Å². The number of aromatic nitrogens is 2. The number of hydrogen-bond acceptors (Lipinski definition) is 5. The van der Waals surface area contributed by atoms with Crippen molar-refractivity contribution in [3.05, 3.63) is 42.5 Å². The van der Waals surface area contributed by atoms with Crippen LogP contribution in [0.25, 0.3) is 11.3 Å². The topological polar surface area (TPSA) is 92.9 Å². The highest BCUT2D eigenvalue weighted by atomic mass is 16.1. The van der Waals surface area contributed by atoms with Gasteiger partial charge in [-0.15, -0.1) is 0 Å². The molecule has 0 bridgehead atoms. The third-order valence-corrected chi connectivity index (χ3v) is 2.97. The zero-order valence-corrected chi connectivity index (χ0v) is 12.0. The largest absolute Gasteiger partial charge is 0.373 e. The first-order chi connectivity index (χ1) is 10.0. The van der Waals surface area contributed by atoms with Crippen molar-refractivity contribution in [3.63, 3.8) is 0 Å². The lowest BCUT2D eigenvalue weighted by Crippen LogP contribution is -2.07. The lowest BCUT2D eigenvalue weighted by molar-refractivity contribution is -0.111. The van der Waals surface area contributed by atoms with E-state index in [1.807, 2.05) is 25.1 Å². The van der Waals surface area contributed by atoms with Crippen LogP contribution in [0.3, 0.4) is 0 Å². The summed E-state index contributed by atoms with van der Waals surface area (Å²) in [5.74, 6) is 0.567. The van der Waals surface area contributed by atoms with Crippen molar-refractivity contribution in [2.45, 2.75) is 6.92 Å². The number of nitrogens with one attached hydrogen (secondary N) is 2. The number of nitrogens with two attached hydrogens (primary N) is 1. The highest BCUT2D eigenvalue weighted by Crippen LogP contribution is 2.27. The summed E-state index contributed by atoms with van der Waals surface area (Å²) < 4.78 is 0. The molecular formula is C15H17N5O. The molecule has 0 saturated carbocycles. The van der Waals surface area contributed by atoms with Gasteiger partial charge in [0.15, 0.2) is 0 Å². The van der Waals surface area contributed by atoms with Crippen LogP contribution in [0.4, 0.5) is 17.5 Å². The van der Waals surface area contributed by atoms with Crippen LogP contribution in [0.5, 0.6) is 0 Å². The number of amides is 1. The normalized spacial score (nSPS) is 10.0. The Balaban J connectivity index is 2.47. The lowest BCUT2D eigenvalue weighted by Gasteiger charge is -2.10. The Bertz CT molecular complexity index is 696. The van der Waals surface area contributed by atoms with E-state index in [0.29, 0.717) is 17.2 Å². The van der Waals surface area contributed by atoms with Crippen molar-refractivity contribution in [2.24, 2.45) is 0 Å². The first-order valence-electron chi connectivity index (χ1n) is 6.40. The Labute approximate surface area is 123 Å². The van der Waals surface area contributed by atoms with E-state index in [9.17, 15) is 4.79 Å². The van der Waals surface area contributed by atoms with Crippen LogP contribution >= 0.6 is 0 Å². The Morgan fingerprint density at radius 2 is 2.10 bits per heavy atom. The molecule has 1 heterocycles. The van der Waals surface area contributed by atoms with E-state index in [4.69, 9.17) is 5.73 Å². The number of carbonyl (C=O) groups is 1. The fraction of sp³-hybridized carbons (Fsp3) is 0.133. The van der Waals surface area contributed by atoms with Crippen molar-refractivity contribution < 1.29 is 4.79 Å². The van der Waals surface area contributed by atoms with Crippen LogP contribution in [0, 0.1) is 6.92 Å². The maximum absolute atomic E-state index is 11.4. The number of carbonyl (C=O) groups excluding carboxylic acids is 1. The molecule has 0 aliphatic carbocycles. The molecule has 0 aliphatic rings. The van der Waals surface area contributed by atoms with Gasteiger partial charge in [0.2, 0.25) is 11.9 Å². The molecule has 0 saturated heterocycles. The summed E-state index contributed by atoms with van der Waals surface area (Å²) in [5.41, 5.74) is 8.98. The first-order valence-corrected chi connectivity index (χ1v) is 6.40. The van der Waals surface area contributed by atoms with Crippen molar-refractivity contribution in [2.75, 3.05) is 23.4 Å². The highest BCUT2D eigenvalue weighted by Gasteiger charge is 2.09. The molecule has 4 N–H and O–H groups in total. The number of nitrogens with zero attached hydrogens (tertiary/aromatic N) is 2. The number of aryl methyl sites for hydroxylation is 1. The van der Waals surface area contributed by atoms with E-state index < -0.39 is 0 Å². The summed E-state index contributed by atoms with van der Waals surface area (Å²) >= 11 is 0. The molecule has 6 heteroatoms. The van der Waals surface area contributed by atoms with Crippen LogP contribution < -0.4 is 16.4 Å². The molecule has 0 spiro atoms. The molecule has 1 aromatic carbocycles. The summed E-state index contributed by atoms with van der Waals surface area (Å²) in [6, 6.07) is 7.38. The van der Waals surface area contributed by atoms with Gasteiger partial charge in [0.05, 0.1) is 5.69 Å². The minimum absolute atomic E-state index is 0.191. The molecule has 0 unspecified atom stereocenters. The quantitative estimate of drug-likeness (QED) is 0.748. The Morgan fingerprint density at radius 3 is 2.76 bits per heavy atom. The summed E-state index contributed by atoms with van der Waals surface area (Å²) in [5, 5.41) is 5.66. The van der Waals surface area contributed by atoms with Gasteiger partial charge in [-0.05, 0) is 30.7 Å². The maximum atomic E-state index is 11.4. The second kappa shape index (κ2) is 6.04. The molecule has 108 valence electrons. The monoisotopic (exact) mass is 283 g/mol. The molecule has 0 aliphatic heterocycles. The Hall–Kier alpha value is -2.89. The molecule has 1 aromatic heterocycles. The zero-order chi connectivity index (χ0) is 15.4. The summed E-state index contributed by atoms with van der Waals surface area (Å²) in [4.78, 5) is 19.7. The predicted molar refractivity (Wildman–Crippen MR) is 85.0 cm³/mol. The third kappa shape index (κ3) is 3.36. The maximum Gasteiger partial charge on any atom is 0.247 e. The minimum Gasteiger partial charge on any atom is -0.373 e. The van der Waals surface area contributed by atoms with Gasteiger partial charge in [0.25, 0.3) is 0 Å². The zero-order valence-electron chi connectivity index (χ0n) is 12.0. The van der Waals surface area contributed by atoms with Crippen LogP contribution in [0.1, 0.15) is 5.56 Å². The molecule has 0 atom stereocenters. The standard InChI is InChI=1S/C15H17N5O/c1-4-14(21)18-10-6-5-9(2)11(7-10)12-8-13(17-3)20-15(16)19-12/h4-8H,1H2,2-3H3,(H,18,21)(H3,16,17,19,20). The molecular weight excluding hydrogens is 266 g/mol.